The topological polar surface area (TPSA) is 17.1 Å². The summed E-state index contributed by atoms with van der Waals surface area (Å²) in [6.45, 7) is 0. The Kier molecular flexibility index (Phi) is 3.98. The summed E-state index contributed by atoms with van der Waals surface area (Å²) in [6, 6.07) is 21.8. The van der Waals surface area contributed by atoms with Crippen LogP contribution in [-0.2, 0) is 0 Å². The van der Waals surface area contributed by atoms with E-state index in [0.717, 1.165) is 24.5 Å². The van der Waals surface area contributed by atoms with Crippen molar-refractivity contribution in [2.45, 2.75) is 0 Å². The first kappa shape index (κ1) is 13.5. The summed E-state index contributed by atoms with van der Waals surface area (Å²) in [5.74, 6) is 0. The highest BCUT2D eigenvalue weighted by Gasteiger charge is 2.10. The fourth-order valence-electron chi connectivity index (χ4n) is 2.00. The van der Waals surface area contributed by atoms with Crippen molar-refractivity contribution >= 4 is 33.9 Å². The Morgan fingerprint density at radius 2 is 1.35 bits per heavy atom. The average Bonchev–Trinajstić information content (AvgIpc) is 2.51. The summed E-state index contributed by atoms with van der Waals surface area (Å²) in [5, 5.41) is 0. The van der Waals surface area contributed by atoms with Crippen LogP contribution in [0.1, 0.15) is 0 Å². The lowest BCUT2D eigenvalue weighted by molar-refractivity contribution is 1.56. The lowest BCUT2D eigenvalue weighted by Crippen LogP contribution is -2.04. The number of hydrogen-bond acceptors (Lipinski definition) is 2. The van der Waals surface area contributed by atoms with Gasteiger partial charge in [-0.3, -0.25) is 4.79 Å². The zero-order chi connectivity index (χ0) is 13.9. The van der Waals surface area contributed by atoms with Crippen LogP contribution in [0.5, 0.6) is 0 Å². The molecule has 3 heteroatoms. The Hall–Kier alpha value is -1.46. The minimum atomic E-state index is 0.0852. The Morgan fingerprint density at radius 1 is 0.800 bits per heavy atom. The van der Waals surface area contributed by atoms with E-state index in [2.05, 4.69) is 22.6 Å². The summed E-state index contributed by atoms with van der Waals surface area (Å²) in [6.07, 6.45) is 0. The molecule has 0 bridgehead atoms. The Morgan fingerprint density at radius 3 is 1.95 bits per heavy atom. The Bertz CT molecular complexity index is 779. The number of hydrogen-bond donors (Lipinski definition) is 0. The summed E-state index contributed by atoms with van der Waals surface area (Å²) in [7, 11) is 0. The van der Waals surface area contributed by atoms with E-state index in [9.17, 15) is 4.79 Å². The highest BCUT2D eigenvalue weighted by Crippen LogP contribution is 2.33. The molecular weight excluding hydrogens is 379 g/mol. The van der Waals surface area contributed by atoms with Crippen molar-refractivity contribution < 1.29 is 0 Å². The molecule has 0 spiro atoms. The van der Waals surface area contributed by atoms with Gasteiger partial charge >= 0.3 is 0 Å². The molecule has 0 N–H and O–H groups in total. The number of halogens is 1. The second kappa shape index (κ2) is 5.89. The van der Waals surface area contributed by atoms with E-state index in [1.54, 1.807) is 17.4 Å². The first-order valence-electron chi connectivity index (χ1n) is 6.20. The van der Waals surface area contributed by atoms with Crippen LogP contribution in [-0.4, -0.2) is 0 Å². The van der Waals surface area contributed by atoms with Gasteiger partial charge in [0, 0.05) is 10.9 Å². The Labute approximate surface area is 135 Å². The van der Waals surface area contributed by atoms with Crippen LogP contribution in [0.15, 0.2) is 71.5 Å². The van der Waals surface area contributed by atoms with Crippen LogP contribution in [0.4, 0.5) is 0 Å². The standard InChI is InChI=1S/C17H11IOS/c18-16-14(19)11-15(12-7-3-1-4-8-12)20-17(16)13-9-5-2-6-10-13/h1-11H. The molecule has 1 aromatic heterocycles. The Balaban J connectivity index is 2.22. The van der Waals surface area contributed by atoms with Crippen molar-refractivity contribution in [2.75, 3.05) is 0 Å². The third-order valence-corrected chi connectivity index (χ3v) is 5.64. The van der Waals surface area contributed by atoms with Gasteiger partial charge in [-0.1, -0.05) is 60.7 Å². The van der Waals surface area contributed by atoms with Crippen LogP contribution in [0.2, 0.25) is 0 Å². The normalized spacial score (nSPS) is 10.4. The molecule has 0 aliphatic carbocycles. The highest BCUT2D eigenvalue weighted by atomic mass is 127. The molecule has 0 atom stereocenters. The van der Waals surface area contributed by atoms with Crippen molar-refractivity contribution in [1.29, 1.82) is 0 Å². The molecular formula is C17H11IOS. The lowest BCUT2D eigenvalue weighted by atomic mass is 10.1. The van der Waals surface area contributed by atoms with Gasteiger partial charge in [0.25, 0.3) is 0 Å². The predicted molar refractivity (Wildman–Crippen MR) is 94.2 cm³/mol. The monoisotopic (exact) mass is 390 g/mol. The van der Waals surface area contributed by atoms with Gasteiger partial charge in [0.05, 0.1) is 8.45 Å². The first-order chi connectivity index (χ1) is 9.75. The molecule has 0 amide bonds. The molecule has 1 heterocycles. The molecule has 1 nitrogen and oxygen atoms in total. The van der Waals surface area contributed by atoms with E-state index < -0.39 is 0 Å². The van der Waals surface area contributed by atoms with E-state index in [0.29, 0.717) is 0 Å². The molecule has 20 heavy (non-hydrogen) atoms. The second-order valence-electron chi connectivity index (χ2n) is 4.35. The van der Waals surface area contributed by atoms with Gasteiger partial charge in [-0.05, 0) is 33.7 Å². The molecule has 3 rings (SSSR count). The summed E-state index contributed by atoms with van der Waals surface area (Å²) in [4.78, 5) is 14.3. The average molecular weight is 390 g/mol. The minimum absolute atomic E-state index is 0.0852. The van der Waals surface area contributed by atoms with Gasteiger partial charge in [0.1, 0.15) is 0 Å². The summed E-state index contributed by atoms with van der Waals surface area (Å²) >= 11 is 3.80. The first-order valence-corrected chi connectivity index (χ1v) is 8.10. The highest BCUT2D eigenvalue weighted by molar-refractivity contribution is 14.1. The van der Waals surface area contributed by atoms with Gasteiger partial charge in [0.2, 0.25) is 0 Å². The summed E-state index contributed by atoms with van der Waals surface area (Å²) < 4.78 is 0.790. The molecule has 0 radical (unpaired) electrons. The van der Waals surface area contributed by atoms with Crippen LogP contribution < -0.4 is 5.43 Å². The number of rotatable bonds is 2. The van der Waals surface area contributed by atoms with Gasteiger partial charge in [0.15, 0.2) is 5.43 Å². The maximum absolute atomic E-state index is 12.2. The van der Waals surface area contributed by atoms with E-state index in [1.807, 2.05) is 60.7 Å². The van der Waals surface area contributed by atoms with Crippen molar-refractivity contribution in [3.63, 3.8) is 0 Å². The zero-order valence-corrected chi connectivity index (χ0v) is 13.5. The van der Waals surface area contributed by atoms with Crippen LogP contribution in [0.25, 0.3) is 20.9 Å². The largest absolute Gasteiger partial charge is 0.289 e. The third kappa shape index (κ3) is 2.69. The van der Waals surface area contributed by atoms with Crippen LogP contribution in [0, 0.1) is 3.57 Å². The van der Waals surface area contributed by atoms with Gasteiger partial charge < -0.3 is 0 Å². The number of benzene rings is 2. The van der Waals surface area contributed by atoms with Crippen LogP contribution in [0.3, 0.4) is 0 Å². The molecule has 0 saturated carbocycles. The maximum Gasteiger partial charge on any atom is 0.194 e. The van der Waals surface area contributed by atoms with E-state index in [1.165, 1.54) is 0 Å². The van der Waals surface area contributed by atoms with Gasteiger partial charge in [-0.15, -0.1) is 11.3 Å². The van der Waals surface area contributed by atoms with E-state index in [-0.39, 0.29) is 5.43 Å². The maximum atomic E-state index is 12.2. The van der Waals surface area contributed by atoms with Crippen molar-refractivity contribution in [2.24, 2.45) is 0 Å². The zero-order valence-electron chi connectivity index (χ0n) is 10.5. The third-order valence-electron chi connectivity index (χ3n) is 2.98. The van der Waals surface area contributed by atoms with Crippen molar-refractivity contribution in [3.8, 4) is 20.9 Å². The predicted octanol–water partition coefficient (Wildman–Crippen LogP) is 5.05. The van der Waals surface area contributed by atoms with Gasteiger partial charge in [-0.25, -0.2) is 0 Å². The van der Waals surface area contributed by atoms with Crippen LogP contribution >= 0.6 is 33.9 Å². The van der Waals surface area contributed by atoms with E-state index in [4.69, 9.17) is 0 Å². The SMILES string of the molecule is O=c1cc(-c2ccccc2)sc(-c2ccccc2)c1I. The molecule has 0 aliphatic heterocycles. The fourth-order valence-corrected chi connectivity index (χ4v) is 3.88. The molecule has 2 aromatic carbocycles. The fraction of sp³-hybridized carbons (Fsp3) is 0. The minimum Gasteiger partial charge on any atom is -0.289 e. The molecule has 3 aromatic rings. The lowest BCUT2D eigenvalue weighted by Gasteiger charge is -2.07. The summed E-state index contributed by atoms with van der Waals surface area (Å²) in [5.41, 5.74) is 2.27. The second-order valence-corrected chi connectivity index (χ2v) is 6.48. The quantitative estimate of drug-likeness (QED) is 0.560. The van der Waals surface area contributed by atoms with E-state index >= 15 is 0 Å². The van der Waals surface area contributed by atoms with Gasteiger partial charge in [-0.2, -0.15) is 0 Å². The van der Waals surface area contributed by atoms with Crippen molar-refractivity contribution in [1.82, 2.24) is 0 Å². The molecule has 0 fully saturated rings. The molecule has 98 valence electrons. The molecule has 0 saturated heterocycles. The molecule has 0 unspecified atom stereocenters. The smallest absolute Gasteiger partial charge is 0.194 e. The molecule has 0 aliphatic rings. The van der Waals surface area contributed by atoms with Crippen molar-refractivity contribution in [3.05, 3.63) is 80.5 Å².